The van der Waals surface area contributed by atoms with Crippen LogP contribution < -0.4 is 11.1 Å². The van der Waals surface area contributed by atoms with Crippen LogP contribution in [0.3, 0.4) is 0 Å². The fourth-order valence-electron chi connectivity index (χ4n) is 1.65. The van der Waals surface area contributed by atoms with Gasteiger partial charge in [0.05, 0.1) is 3.79 Å². The monoisotopic (exact) mass is 303 g/mol. The van der Waals surface area contributed by atoms with E-state index in [1.807, 2.05) is 6.07 Å². The van der Waals surface area contributed by atoms with Gasteiger partial charge in [0.25, 0.3) is 5.91 Å². The molecule has 3 N–H and O–H groups in total. The van der Waals surface area contributed by atoms with Gasteiger partial charge < -0.3 is 11.1 Å². The number of nitrogens with two attached hydrogens (primary N) is 1. The molecular formula is C9H10BrN3O2S. The van der Waals surface area contributed by atoms with Crippen LogP contribution in [0.25, 0.3) is 0 Å². The van der Waals surface area contributed by atoms with Crippen LogP contribution in [0.1, 0.15) is 4.88 Å². The zero-order chi connectivity index (χ0) is 11.9. The van der Waals surface area contributed by atoms with E-state index in [0.717, 1.165) is 13.6 Å². The molecular weight excluding hydrogens is 294 g/mol. The fourth-order valence-corrected chi connectivity index (χ4v) is 3.18. The van der Waals surface area contributed by atoms with E-state index in [1.165, 1.54) is 18.4 Å². The van der Waals surface area contributed by atoms with E-state index in [-0.39, 0.29) is 12.5 Å². The summed E-state index contributed by atoms with van der Waals surface area (Å²) in [4.78, 5) is 25.3. The number of thiophene rings is 1. The lowest BCUT2D eigenvalue weighted by molar-refractivity contribution is -0.130. The summed E-state index contributed by atoms with van der Waals surface area (Å²) < 4.78 is 0.895. The first kappa shape index (κ1) is 11.6. The first-order chi connectivity index (χ1) is 7.51. The summed E-state index contributed by atoms with van der Waals surface area (Å²) >= 11 is 4.71. The number of carbonyl (C=O) groups excluding carboxylic acids is 2. The molecule has 0 aliphatic carbocycles. The highest BCUT2D eigenvalue weighted by molar-refractivity contribution is 9.11. The maximum atomic E-state index is 12.0. The van der Waals surface area contributed by atoms with E-state index in [2.05, 4.69) is 21.2 Å². The van der Waals surface area contributed by atoms with Crippen molar-refractivity contribution in [1.82, 2.24) is 10.2 Å². The van der Waals surface area contributed by atoms with Crippen molar-refractivity contribution < 1.29 is 9.59 Å². The lowest BCUT2D eigenvalue weighted by atomic mass is 9.98. The van der Waals surface area contributed by atoms with Crippen molar-refractivity contribution in [1.29, 1.82) is 0 Å². The molecule has 1 fully saturated rings. The van der Waals surface area contributed by atoms with E-state index >= 15 is 0 Å². The van der Waals surface area contributed by atoms with Crippen molar-refractivity contribution in [2.24, 2.45) is 5.73 Å². The number of hydrogen-bond acceptors (Lipinski definition) is 4. The van der Waals surface area contributed by atoms with Crippen LogP contribution in [-0.2, 0) is 10.3 Å². The molecule has 5 nitrogen and oxygen atoms in total. The molecule has 1 aliphatic heterocycles. The average molecular weight is 304 g/mol. The summed E-state index contributed by atoms with van der Waals surface area (Å²) in [5.74, 6) is -0.311. The third kappa shape index (κ3) is 1.47. The van der Waals surface area contributed by atoms with Crippen LogP contribution in [0.4, 0.5) is 4.79 Å². The van der Waals surface area contributed by atoms with Gasteiger partial charge in [0.15, 0.2) is 5.54 Å². The van der Waals surface area contributed by atoms with E-state index in [1.54, 1.807) is 6.07 Å². The van der Waals surface area contributed by atoms with Crippen LogP contribution in [0.15, 0.2) is 15.9 Å². The quantitative estimate of drug-likeness (QED) is 0.795. The molecule has 3 amide bonds. The predicted octanol–water partition coefficient (Wildman–Crippen LogP) is 0.846. The molecule has 2 rings (SSSR count). The first-order valence-electron chi connectivity index (χ1n) is 4.57. The van der Waals surface area contributed by atoms with Gasteiger partial charge in [-0.1, -0.05) is 0 Å². The van der Waals surface area contributed by atoms with Crippen molar-refractivity contribution >= 4 is 39.2 Å². The highest BCUT2D eigenvalue weighted by Gasteiger charge is 2.51. The number of hydrogen-bond donors (Lipinski definition) is 2. The molecule has 1 aliphatic rings. The molecule has 7 heteroatoms. The van der Waals surface area contributed by atoms with Crippen molar-refractivity contribution in [3.05, 3.63) is 20.8 Å². The average Bonchev–Trinajstić information content (AvgIpc) is 2.78. The van der Waals surface area contributed by atoms with Gasteiger partial charge in [-0.3, -0.25) is 9.69 Å². The molecule has 0 spiro atoms. The number of imide groups is 1. The van der Waals surface area contributed by atoms with Crippen LogP contribution in [0.2, 0.25) is 0 Å². The molecule has 1 unspecified atom stereocenters. The van der Waals surface area contributed by atoms with Crippen molar-refractivity contribution in [3.63, 3.8) is 0 Å². The second kappa shape index (κ2) is 3.83. The van der Waals surface area contributed by atoms with Gasteiger partial charge in [0.2, 0.25) is 0 Å². The number of halogens is 1. The second-order valence-electron chi connectivity index (χ2n) is 3.51. The third-order valence-electron chi connectivity index (χ3n) is 2.59. The Hall–Kier alpha value is -0.920. The summed E-state index contributed by atoms with van der Waals surface area (Å²) in [6.07, 6.45) is 0. The Labute approximate surface area is 105 Å². The number of rotatable bonds is 2. The van der Waals surface area contributed by atoms with Crippen molar-refractivity contribution in [2.45, 2.75) is 5.54 Å². The van der Waals surface area contributed by atoms with E-state index in [9.17, 15) is 9.59 Å². The number of nitrogens with zero attached hydrogens (tertiary/aromatic N) is 1. The van der Waals surface area contributed by atoms with E-state index < -0.39 is 11.6 Å². The minimum atomic E-state index is -1.09. The van der Waals surface area contributed by atoms with Crippen LogP contribution >= 0.6 is 27.3 Å². The maximum absolute atomic E-state index is 12.0. The molecule has 16 heavy (non-hydrogen) atoms. The maximum Gasteiger partial charge on any atom is 0.325 e. The van der Waals surface area contributed by atoms with Gasteiger partial charge in [-0.2, -0.15) is 0 Å². The molecule has 0 saturated carbocycles. The molecule has 1 aromatic heterocycles. The molecule has 1 aromatic rings. The number of nitrogens with one attached hydrogen (secondary N) is 1. The first-order valence-corrected chi connectivity index (χ1v) is 6.18. The van der Waals surface area contributed by atoms with Crippen LogP contribution in [0, 0.1) is 0 Å². The molecule has 86 valence electrons. The lowest BCUT2D eigenvalue weighted by Crippen LogP contribution is -2.49. The molecule has 1 atom stereocenters. The van der Waals surface area contributed by atoms with Gasteiger partial charge >= 0.3 is 6.03 Å². The Morgan fingerprint density at radius 1 is 1.56 bits per heavy atom. The predicted molar refractivity (Wildman–Crippen MR) is 64.1 cm³/mol. The highest BCUT2D eigenvalue weighted by Crippen LogP contribution is 2.34. The van der Waals surface area contributed by atoms with Gasteiger partial charge in [-0.15, -0.1) is 11.3 Å². The number of amides is 3. The summed E-state index contributed by atoms with van der Waals surface area (Å²) in [5, 5.41) is 2.65. The summed E-state index contributed by atoms with van der Waals surface area (Å²) in [6.45, 7) is 0.0505. The van der Waals surface area contributed by atoms with E-state index in [0.29, 0.717) is 0 Å². The SMILES string of the molecule is CN1C(=O)NC(CN)(c2ccc(Br)s2)C1=O. The highest BCUT2D eigenvalue weighted by atomic mass is 79.9. The Balaban J connectivity index is 2.49. The summed E-state index contributed by atoms with van der Waals surface area (Å²) in [6, 6.07) is 3.20. The molecule has 1 saturated heterocycles. The summed E-state index contributed by atoms with van der Waals surface area (Å²) in [5.41, 5.74) is 4.56. The van der Waals surface area contributed by atoms with Gasteiger partial charge in [0, 0.05) is 18.5 Å². The zero-order valence-corrected chi connectivity index (χ0v) is 10.9. The number of carbonyl (C=O) groups is 2. The normalized spacial score (nSPS) is 25.1. The largest absolute Gasteiger partial charge is 0.327 e. The van der Waals surface area contributed by atoms with Crippen LogP contribution in [0.5, 0.6) is 0 Å². The standard InChI is InChI=1S/C9H10BrN3O2S/c1-13-7(14)9(4-11,12-8(13)15)5-2-3-6(10)16-5/h2-3H,4,11H2,1H3,(H,12,15). The lowest BCUT2D eigenvalue weighted by Gasteiger charge is -2.22. The molecule has 0 bridgehead atoms. The number of likely N-dealkylation sites (N-methyl/N-ethyl adjacent to an activating group) is 1. The second-order valence-corrected chi connectivity index (χ2v) is 5.97. The zero-order valence-electron chi connectivity index (χ0n) is 8.49. The Morgan fingerprint density at radius 2 is 2.25 bits per heavy atom. The Kier molecular flexibility index (Phi) is 2.77. The molecule has 2 heterocycles. The molecule has 0 radical (unpaired) electrons. The number of urea groups is 1. The summed E-state index contributed by atoms with van der Waals surface area (Å²) in [7, 11) is 1.44. The van der Waals surface area contributed by atoms with Crippen molar-refractivity contribution in [3.8, 4) is 0 Å². The molecule has 0 aromatic carbocycles. The van der Waals surface area contributed by atoms with Crippen molar-refractivity contribution in [2.75, 3.05) is 13.6 Å². The van der Waals surface area contributed by atoms with Gasteiger partial charge in [-0.25, -0.2) is 4.79 Å². The minimum Gasteiger partial charge on any atom is -0.327 e. The van der Waals surface area contributed by atoms with Gasteiger partial charge in [0.1, 0.15) is 0 Å². The third-order valence-corrected chi connectivity index (χ3v) is 4.38. The van der Waals surface area contributed by atoms with Crippen LogP contribution in [-0.4, -0.2) is 30.4 Å². The Bertz CT molecular complexity index is 461. The smallest absolute Gasteiger partial charge is 0.325 e. The Morgan fingerprint density at radius 3 is 2.62 bits per heavy atom. The fraction of sp³-hybridized carbons (Fsp3) is 0.333. The minimum absolute atomic E-state index is 0.0505. The van der Waals surface area contributed by atoms with Gasteiger partial charge in [-0.05, 0) is 28.1 Å². The van der Waals surface area contributed by atoms with E-state index in [4.69, 9.17) is 5.73 Å². The topological polar surface area (TPSA) is 75.4 Å².